The summed E-state index contributed by atoms with van der Waals surface area (Å²) in [5, 5.41) is 3.56. The van der Waals surface area contributed by atoms with Crippen molar-refractivity contribution in [3.8, 4) is 11.5 Å². The van der Waals surface area contributed by atoms with Crippen LogP contribution in [0.2, 0.25) is 0 Å². The molecule has 0 aliphatic carbocycles. The van der Waals surface area contributed by atoms with E-state index in [1.165, 1.54) is 5.56 Å². The number of carbonyl (C=O) groups is 2. The highest BCUT2D eigenvalue weighted by molar-refractivity contribution is 6.00. The molecule has 1 aliphatic rings. The molecule has 2 N–H and O–H groups in total. The van der Waals surface area contributed by atoms with Crippen LogP contribution in [0.5, 0.6) is 11.5 Å². The Kier molecular flexibility index (Phi) is 6.61. The van der Waals surface area contributed by atoms with Crippen LogP contribution in [0.15, 0.2) is 48.5 Å². The number of amides is 2. The molecule has 1 aliphatic heterocycles. The summed E-state index contributed by atoms with van der Waals surface area (Å²) in [6.45, 7) is 3.82. The predicted octanol–water partition coefficient (Wildman–Crippen LogP) is 2.26. The van der Waals surface area contributed by atoms with Crippen molar-refractivity contribution in [2.75, 3.05) is 46.9 Å². The van der Waals surface area contributed by atoms with E-state index in [-0.39, 0.29) is 18.4 Å². The van der Waals surface area contributed by atoms with Crippen LogP contribution in [0.3, 0.4) is 0 Å². The van der Waals surface area contributed by atoms with Crippen LogP contribution in [0.4, 0.5) is 0 Å². The quantitative estimate of drug-likeness (QED) is 0.593. The number of nitrogens with one attached hydrogen (secondary N) is 2. The van der Waals surface area contributed by atoms with E-state index in [9.17, 15) is 9.59 Å². The van der Waals surface area contributed by atoms with Gasteiger partial charge in [-0.25, -0.2) is 0 Å². The molecular formula is C24H28N4O4. The van der Waals surface area contributed by atoms with E-state index in [0.717, 1.165) is 30.5 Å². The summed E-state index contributed by atoms with van der Waals surface area (Å²) in [4.78, 5) is 32.4. The lowest BCUT2D eigenvalue weighted by Crippen LogP contribution is -2.50. The molecule has 0 bridgehead atoms. The monoisotopic (exact) mass is 436 g/mol. The SMILES string of the molecule is COc1cc2cc(C(=O)NCC(=O)N3CCN(Cc4ccccc4)CC3)[nH]c2cc1OC. The van der Waals surface area contributed by atoms with Crippen LogP contribution >= 0.6 is 0 Å². The molecule has 32 heavy (non-hydrogen) atoms. The van der Waals surface area contributed by atoms with Gasteiger partial charge in [-0.1, -0.05) is 30.3 Å². The number of methoxy groups -OCH3 is 2. The Morgan fingerprint density at radius 2 is 1.66 bits per heavy atom. The van der Waals surface area contributed by atoms with Crippen molar-refractivity contribution in [2.45, 2.75) is 6.54 Å². The number of piperazine rings is 1. The zero-order valence-corrected chi connectivity index (χ0v) is 18.4. The first kappa shape index (κ1) is 21.7. The van der Waals surface area contributed by atoms with Crippen molar-refractivity contribution in [1.29, 1.82) is 0 Å². The highest BCUT2D eigenvalue weighted by Crippen LogP contribution is 2.32. The fourth-order valence-electron chi connectivity index (χ4n) is 3.94. The van der Waals surface area contributed by atoms with Crippen molar-refractivity contribution in [2.24, 2.45) is 0 Å². The summed E-state index contributed by atoms with van der Waals surface area (Å²) >= 11 is 0. The summed E-state index contributed by atoms with van der Waals surface area (Å²) < 4.78 is 10.6. The molecule has 2 amide bonds. The van der Waals surface area contributed by atoms with Crippen molar-refractivity contribution in [3.63, 3.8) is 0 Å². The molecule has 0 atom stereocenters. The molecule has 8 heteroatoms. The molecule has 1 saturated heterocycles. The Hall–Kier alpha value is -3.52. The first-order chi connectivity index (χ1) is 15.6. The summed E-state index contributed by atoms with van der Waals surface area (Å²) in [6, 6.07) is 15.6. The third-order valence-corrected chi connectivity index (χ3v) is 5.74. The van der Waals surface area contributed by atoms with E-state index in [1.807, 2.05) is 29.2 Å². The first-order valence-electron chi connectivity index (χ1n) is 10.6. The molecule has 2 heterocycles. The lowest BCUT2D eigenvalue weighted by Gasteiger charge is -2.34. The second-order valence-corrected chi connectivity index (χ2v) is 7.80. The molecule has 8 nitrogen and oxygen atoms in total. The number of H-pyrrole nitrogens is 1. The molecule has 0 unspecified atom stereocenters. The van der Waals surface area contributed by atoms with Gasteiger partial charge in [-0.05, 0) is 17.7 Å². The zero-order chi connectivity index (χ0) is 22.5. The number of ether oxygens (including phenoxy) is 2. The number of hydrogen-bond acceptors (Lipinski definition) is 5. The molecule has 0 radical (unpaired) electrons. The number of aromatic amines is 1. The molecule has 2 aromatic carbocycles. The Balaban J connectivity index is 1.29. The van der Waals surface area contributed by atoms with Gasteiger partial charge >= 0.3 is 0 Å². The predicted molar refractivity (Wildman–Crippen MR) is 122 cm³/mol. The van der Waals surface area contributed by atoms with Gasteiger partial charge < -0.3 is 24.7 Å². The highest BCUT2D eigenvalue weighted by atomic mass is 16.5. The number of rotatable bonds is 7. The average Bonchev–Trinajstić information content (AvgIpc) is 3.25. The van der Waals surface area contributed by atoms with E-state index in [0.29, 0.717) is 30.3 Å². The van der Waals surface area contributed by atoms with Crippen LogP contribution < -0.4 is 14.8 Å². The molecule has 0 saturated carbocycles. The molecular weight excluding hydrogens is 408 g/mol. The second kappa shape index (κ2) is 9.74. The lowest BCUT2D eigenvalue weighted by atomic mass is 10.2. The number of fused-ring (bicyclic) bond motifs is 1. The number of nitrogens with zero attached hydrogens (tertiary/aromatic N) is 2. The molecule has 4 rings (SSSR count). The average molecular weight is 437 g/mol. The van der Waals surface area contributed by atoms with E-state index in [4.69, 9.17) is 9.47 Å². The number of hydrogen-bond donors (Lipinski definition) is 2. The maximum Gasteiger partial charge on any atom is 0.268 e. The lowest BCUT2D eigenvalue weighted by molar-refractivity contribution is -0.131. The Morgan fingerprint density at radius 1 is 0.969 bits per heavy atom. The maximum atomic E-state index is 12.6. The normalized spacial score (nSPS) is 14.4. The fraction of sp³-hybridized carbons (Fsp3) is 0.333. The molecule has 0 spiro atoms. The number of aromatic nitrogens is 1. The third-order valence-electron chi connectivity index (χ3n) is 5.74. The summed E-state index contributed by atoms with van der Waals surface area (Å²) in [5.74, 6) is 0.773. The summed E-state index contributed by atoms with van der Waals surface area (Å²) in [6.07, 6.45) is 0. The van der Waals surface area contributed by atoms with Gasteiger partial charge in [0.15, 0.2) is 11.5 Å². The van der Waals surface area contributed by atoms with Gasteiger partial charge in [-0.15, -0.1) is 0 Å². The van der Waals surface area contributed by atoms with Gasteiger partial charge in [0.1, 0.15) is 5.69 Å². The van der Waals surface area contributed by atoms with Crippen LogP contribution in [-0.2, 0) is 11.3 Å². The Bertz CT molecular complexity index is 1050. The van der Waals surface area contributed by atoms with E-state index < -0.39 is 0 Å². The van der Waals surface area contributed by atoms with E-state index >= 15 is 0 Å². The number of benzene rings is 2. The van der Waals surface area contributed by atoms with E-state index in [2.05, 4.69) is 27.3 Å². The second-order valence-electron chi connectivity index (χ2n) is 7.80. The fourth-order valence-corrected chi connectivity index (χ4v) is 3.94. The van der Waals surface area contributed by atoms with Gasteiger partial charge in [-0.2, -0.15) is 0 Å². The van der Waals surface area contributed by atoms with E-state index in [1.54, 1.807) is 26.4 Å². The highest BCUT2D eigenvalue weighted by Gasteiger charge is 2.22. The van der Waals surface area contributed by atoms with Crippen molar-refractivity contribution in [1.82, 2.24) is 20.1 Å². The largest absolute Gasteiger partial charge is 0.493 e. The standard InChI is InChI=1S/C24H28N4O4/c1-31-21-13-18-12-20(26-19(18)14-22(21)32-2)24(30)25-15-23(29)28-10-8-27(9-11-28)16-17-6-4-3-5-7-17/h3-7,12-14,26H,8-11,15-16H2,1-2H3,(H,25,30). The van der Waals surface area contributed by atoms with Crippen LogP contribution in [0, 0.1) is 0 Å². The first-order valence-corrected chi connectivity index (χ1v) is 10.6. The topological polar surface area (TPSA) is 86.9 Å². The van der Waals surface area contributed by atoms with Crippen LogP contribution in [0.1, 0.15) is 16.1 Å². The summed E-state index contributed by atoms with van der Waals surface area (Å²) in [7, 11) is 3.13. The van der Waals surface area contributed by atoms with Gasteiger partial charge in [0.25, 0.3) is 5.91 Å². The van der Waals surface area contributed by atoms with Gasteiger partial charge in [0.2, 0.25) is 5.91 Å². The molecule has 168 valence electrons. The van der Waals surface area contributed by atoms with Crippen molar-refractivity contribution < 1.29 is 19.1 Å². The van der Waals surface area contributed by atoms with Crippen molar-refractivity contribution >= 4 is 22.7 Å². The van der Waals surface area contributed by atoms with Gasteiger partial charge in [0.05, 0.1) is 20.8 Å². The minimum absolute atomic E-state index is 0.0282. The molecule has 1 aromatic heterocycles. The summed E-state index contributed by atoms with van der Waals surface area (Å²) in [5.41, 5.74) is 2.41. The zero-order valence-electron chi connectivity index (χ0n) is 18.4. The van der Waals surface area contributed by atoms with Gasteiger partial charge in [-0.3, -0.25) is 14.5 Å². The maximum absolute atomic E-state index is 12.6. The smallest absolute Gasteiger partial charge is 0.268 e. The third kappa shape index (κ3) is 4.86. The minimum Gasteiger partial charge on any atom is -0.493 e. The van der Waals surface area contributed by atoms with Crippen LogP contribution in [0.25, 0.3) is 10.9 Å². The Labute approximate surface area is 187 Å². The molecule has 1 fully saturated rings. The molecule has 3 aromatic rings. The van der Waals surface area contributed by atoms with Crippen molar-refractivity contribution in [3.05, 3.63) is 59.8 Å². The van der Waals surface area contributed by atoms with Gasteiger partial charge in [0, 0.05) is 49.7 Å². The minimum atomic E-state index is -0.324. The van der Waals surface area contributed by atoms with Crippen LogP contribution in [-0.4, -0.2) is 73.5 Å². The number of carbonyl (C=O) groups excluding carboxylic acids is 2. The Morgan fingerprint density at radius 3 is 2.34 bits per heavy atom.